The van der Waals surface area contributed by atoms with E-state index in [1.807, 2.05) is 78.2 Å². The molecule has 0 aliphatic heterocycles. The van der Waals surface area contributed by atoms with E-state index in [0.717, 1.165) is 34.1 Å². The van der Waals surface area contributed by atoms with E-state index in [-0.39, 0.29) is 0 Å². The topological polar surface area (TPSA) is 39.9 Å². The summed E-state index contributed by atoms with van der Waals surface area (Å²) in [5.74, 6) is 2.42. The zero-order valence-corrected chi connectivity index (χ0v) is 21.6. The van der Waals surface area contributed by atoms with Gasteiger partial charge in [0.15, 0.2) is 0 Å². The molecule has 0 fully saturated rings. The number of nitrogens with zero attached hydrogens (tertiary/aromatic N) is 3. The minimum absolute atomic E-state index is 0.768. The summed E-state index contributed by atoms with van der Waals surface area (Å²) in [5, 5.41) is 4.91. The number of benzene rings is 4. The first kappa shape index (κ1) is 22.0. The Bertz CT molecular complexity index is 2150. The highest BCUT2D eigenvalue weighted by atomic mass is 32.1. The Balaban J connectivity index is 1.35. The molecule has 184 valence electrons. The van der Waals surface area contributed by atoms with Crippen molar-refractivity contribution in [2.75, 3.05) is 0 Å². The summed E-state index contributed by atoms with van der Waals surface area (Å²) >= 11 is 1.83. The van der Waals surface area contributed by atoms with Crippen molar-refractivity contribution in [3.05, 3.63) is 128 Å². The Morgan fingerprint density at radius 2 is 1.41 bits per heavy atom. The average Bonchev–Trinajstić information content (AvgIpc) is 3.53. The van der Waals surface area contributed by atoms with E-state index in [2.05, 4.69) is 64.1 Å². The van der Waals surface area contributed by atoms with Crippen LogP contribution in [0.2, 0.25) is 0 Å². The van der Waals surface area contributed by atoms with Gasteiger partial charge in [0.25, 0.3) is 0 Å². The van der Waals surface area contributed by atoms with E-state index >= 15 is 0 Å². The van der Waals surface area contributed by atoms with Crippen LogP contribution in [-0.4, -0.2) is 14.5 Å². The fourth-order valence-corrected chi connectivity index (χ4v) is 6.58. The Kier molecular flexibility index (Phi) is 4.96. The minimum Gasteiger partial charge on any atom is -0.457 e. The van der Waals surface area contributed by atoms with Gasteiger partial charge in [-0.1, -0.05) is 48.5 Å². The third kappa shape index (κ3) is 3.59. The molecule has 0 saturated carbocycles. The molecule has 4 heterocycles. The van der Waals surface area contributed by atoms with Gasteiger partial charge in [-0.25, -0.2) is 4.98 Å². The van der Waals surface area contributed by atoms with Crippen LogP contribution in [0.4, 0.5) is 0 Å². The molecule has 0 amide bonds. The third-order valence-electron chi connectivity index (χ3n) is 7.15. The van der Waals surface area contributed by atoms with E-state index in [0.29, 0.717) is 0 Å². The first-order valence-corrected chi connectivity index (χ1v) is 13.6. The molecule has 39 heavy (non-hydrogen) atoms. The molecule has 4 aromatic heterocycles. The van der Waals surface area contributed by atoms with Crippen molar-refractivity contribution in [3.63, 3.8) is 0 Å². The molecular weight excluding hydrogens is 498 g/mol. The van der Waals surface area contributed by atoms with Crippen molar-refractivity contribution in [2.24, 2.45) is 0 Å². The largest absolute Gasteiger partial charge is 0.457 e. The van der Waals surface area contributed by atoms with E-state index in [4.69, 9.17) is 9.72 Å². The molecule has 8 aromatic rings. The van der Waals surface area contributed by atoms with Gasteiger partial charge in [0, 0.05) is 55.0 Å². The zero-order chi connectivity index (χ0) is 25.8. The monoisotopic (exact) mass is 519 g/mol. The Morgan fingerprint density at radius 1 is 0.590 bits per heavy atom. The maximum atomic E-state index is 6.42. The fourth-order valence-electron chi connectivity index (χ4n) is 5.47. The Hall–Kier alpha value is -5.00. The number of pyridine rings is 2. The molecule has 4 aromatic carbocycles. The molecule has 5 heteroatoms. The summed E-state index contributed by atoms with van der Waals surface area (Å²) in [6.07, 6.45) is 3.66. The van der Waals surface area contributed by atoms with Gasteiger partial charge in [0.1, 0.15) is 17.3 Å². The maximum Gasteiger partial charge on any atom is 0.137 e. The number of ether oxygens (including phenoxy) is 1. The zero-order valence-electron chi connectivity index (χ0n) is 20.8. The highest BCUT2D eigenvalue weighted by molar-refractivity contribution is 7.26. The van der Waals surface area contributed by atoms with Gasteiger partial charge >= 0.3 is 0 Å². The fraction of sp³-hybridized carbons (Fsp3) is 0. The van der Waals surface area contributed by atoms with Crippen LogP contribution in [0, 0.1) is 0 Å². The number of fused-ring (bicyclic) bond motifs is 7. The van der Waals surface area contributed by atoms with Crippen molar-refractivity contribution in [2.45, 2.75) is 0 Å². The maximum absolute atomic E-state index is 6.42. The molecule has 0 aliphatic carbocycles. The van der Waals surface area contributed by atoms with Crippen LogP contribution in [-0.2, 0) is 0 Å². The van der Waals surface area contributed by atoms with Crippen molar-refractivity contribution >= 4 is 53.3 Å². The van der Waals surface area contributed by atoms with Crippen LogP contribution in [0.1, 0.15) is 0 Å². The lowest BCUT2D eigenvalue weighted by Gasteiger charge is -2.10. The van der Waals surface area contributed by atoms with Crippen LogP contribution in [0.5, 0.6) is 11.5 Å². The first-order chi connectivity index (χ1) is 19.3. The highest BCUT2D eigenvalue weighted by Gasteiger charge is 2.19. The van der Waals surface area contributed by atoms with Crippen LogP contribution in [0.15, 0.2) is 128 Å². The summed E-state index contributed by atoms with van der Waals surface area (Å²) in [7, 11) is 0. The smallest absolute Gasteiger partial charge is 0.137 e. The third-order valence-corrected chi connectivity index (χ3v) is 8.28. The van der Waals surface area contributed by atoms with Crippen molar-refractivity contribution in [3.8, 4) is 28.6 Å². The first-order valence-electron chi connectivity index (χ1n) is 12.8. The summed E-state index contributed by atoms with van der Waals surface area (Å²) in [6.45, 7) is 0. The molecule has 0 aliphatic rings. The van der Waals surface area contributed by atoms with Gasteiger partial charge in [0.05, 0.1) is 16.7 Å². The Morgan fingerprint density at radius 3 is 2.28 bits per heavy atom. The number of thiophene rings is 1. The van der Waals surface area contributed by atoms with E-state index in [1.54, 1.807) is 6.20 Å². The highest BCUT2D eigenvalue weighted by Crippen LogP contribution is 2.43. The second-order valence-electron chi connectivity index (χ2n) is 9.48. The lowest BCUT2D eigenvalue weighted by molar-refractivity contribution is 0.483. The molecule has 4 nitrogen and oxygen atoms in total. The molecular formula is C34H21N3OS. The SMILES string of the molecule is c1ccc(-c2cccc(Oc3ccc4c5ccc6sc7ccccc7c6c5n(-c5ccccn5)c4c3)c2)nc1. The summed E-state index contributed by atoms with van der Waals surface area (Å²) < 4.78 is 11.3. The number of aromatic nitrogens is 3. The predicted octanol–water partition coefficient (Wildman–Crippen LogP) is 9.40. The van der Waals surface area contributed by atoms with Crippen LogP contribution < -0.4 is 4.74 Å². The molecule has 0 unspecified atom stereocenters. The summed E-state index contributed by atoms with van der Waals surface area (Å²) in [6, 6.07) is 39.5. The van der Waals surface area contributed by atoms with Crippen LogP contribution in [0.3, 0.4) is 0 Å². The van der Waals surface area contributed by atoms with Gasteiger partial charge in [0.2, 0.25) is 0 Å². The van der Waals surface area contributed by atoms with Crippen LogP contribution in [0.25, 0.3) is 59.1 Å². The predicted molar refractivity (Wildman–Crippen MR) is 161 cm³/mol. The minimum atomic E-state index is 0.768. The second-order valence-corrected chi connectivity index (χ2v) is 10.6. The van der Waals surface area contributed by atoms with Gasteiger partial charge < -0.3 is 4.74 Å². The number of hydrogen-bond acceptors (Lipinski definition) is 4. The molecule has 0 saturated heterocycles. The van der Waals surface area contributed by atoms with Gasteiger partial charge in [-0.15, -0.1) is 11.3 Å². The van der Waals surface area contributed by atoms with E-state index < -0.39 is 0 Å². The lowest BCUT2D eigenvalue weighted by Crippen LogP contribution is -1.97. The molecule has 0 spiro atoms. The van der Waals surface area contributed by atoms with Crippen LogP contribution >= 0.6 is 11.3 Å². The summed E-state index contributed by atoms with van der Waals surface area (Å²) in [5.41, 5.74) is 4.17. The van der Waals surface area contributed by atoms with E-state index in [9.17, 15) is 0 Å². The normalized spacial score (nSPS) is 11.6. The second kappa shape index (κ2) is 8.79. The molecule has 0 N–H and O–H groups in total. The van der Waals surface area contributed by atoms with Crippen molar-refractivity contribution in [1.29, 1.82) is 0 Å². The molecule has 0 radical (unpaired) electrons. The molecule has 8 rings (SSSR count). The van der Waals surface area contributed by atoms with Gasteiger partial charge in [-0.2, -0.15) is 0 Å². The molecule has 0 atom stereocenters. The average molecular weight is 520 g/mol. The Labute approximate surface area is 228 Å². The molecule has 0 bridgehead atoms. The standard InChI is InChI=1S/C34H21N3OS/c1-2-12-30-27(10-1)33-31(39-30)17-16-26-25-15-14-24(21-29(25)37(34(26)33)32-13-4-6-19-36-32)38-23-9-7-8-22(20-23)28-11-3-5-18-35-28/h1-21H. The summed E-state index contributed by atoms with van der Waals surface area (Å²) in [4.78, 5) is 9.25. The van der Waals surface area contributed by atoms with Crippen molar-refractivity contribution in [1.82, 2.24) is 14.5 Å². The van der Waals surface area contributed by atoms with Crippen molar-refractivity contribution < 1.29 is 4.74 Å². The van der Waals surface area contributed by atoms with E-state index in [1.165, 1.54) is 36.5 Å². The lowest BCUT2D eigenvalue weighted by atomic mass is 10.1. The number of rotatable bonds is 4. The van der Waals surface area contributed by atoms with Gasteiger partial charge in [-0.3, -0.25) is 9.55 Å². The quantitative estimate of drug-likeness (QED) is 0.232. The number of hydrogen-bond donors (Lipinski definition) is 0. The van der Waals surface area contributed by atoms with Gasteiger partial charge in [-0.05, 0) is 60.7 Å².